The molecule has 1 heterocycles. The van der Waals surface area contributed by atoms with Crippen LogP contribution in [0.25, 0.3) is 0 Å². The molecule has 1 aliphatic heterocycles. The van der Waals surface area contributed by atoms with Gasteiger partial charge in [-0.25, -0.2) is 0 Å². The normalized spacial score (nSPS) is 17.6. The van der Waals surface area contributed by atoms with Gasteiger partial charge in [0, 0.05) is 31.9 Å². The van der Waals surface area contributed by atoms with Crippen molar-refractivity contribution in [2.45, 2.75) is 20.0 Å². The van der Waals surface area contributed by atoms with Crippen LogP contribution in [-0.2, 0) is 9.53 Å². The van der Waals surface area contributed by atoms with Crippen LogP contribution in [0.3, 0.4) is 0 Å². The smallest absolute Gasteiger partial charge is 0.255 e. The van der Waals surface area contributed by atoms with Crippen LogP contribution in [0.4, 0.5) is 5.69 Å². The van der Waals surface area contributed by atoms with Crippen molar-refractivity contribution in [2.24, 2.45) is 0 Å². The first-order valence-corrected chi connectivity index (χ1v) is 8.16. The number of anilines is 1. The monoisotopic (exact) mass is 339 g/mol. The molecular weight excluding hydrogens is 318 g/mol. The molecule has 1 fully saturated rings. The van der Waals surface area contributed by atoms with Gasteiger partial charge >= 0.3 is 0 Å². The highest BCUT2D eigenvalue weighted by molar-refractivity contribution is 6.34. The van der Waals surface area contributed by atoms with Crippen LogP contribution >= 0.6 is 11.6 Å². The number of ether oxygens (including phenoxy) is 1. The van der Waals surface area contributed by atoms with E-state index in [0.717, 1.165) is 6.54 Å². The average Bonchev–Trinajstić information content (AvgIpc) is 2.56. The second-order valence-electron chi connectivity index (χ2n) is 5.22. The minimum absolute atomic E-state index is 0.113. The van der Waals surface area contributed by atoms with Crippen molar-refractivity contribution in [3.05, 3.63) is 28.8 Å². The maximum absolute atomic E-state index is 12.3. The van der Waals surface area contributed by atoms with Gasteiger partial charge in [-0.15, -0.1) is 0 Å². The topological polar surface area (TPSA) is 70.7 Å². The van der Waals surface area contributed by atoms with Gasteiger partial charge in [-0.05, 0) is 32.0 Å². The molecule has 0 aromatic heterocycles. The van der Waals surface area contributed by atoms with Gasteiger partial charge in [0.2, 0.25) is 0 Å². The Morgan fingerprint density at radius 1 is 1.39 bits per heavy atom. The Labute approximate surface area is 141 Å². The Bertz CT molecular complexity index is 570. The highest BCUT2D eigenvalue weighted by atomic mass is 35.5. The number of carbonyl (C=O) groups is 2. The summed E-state index contributed by atoms with van der Waals surface area (Å²) in [6, 6.07) is 4.90. The Hall–Kier alpha value is -1.63. The van der Waals surface area contributed by atoms with Crippen LogP contribution in [0.2, 0.25) is 5.02 Å². The molecule has 2 rings (SSSR count). The number of rotatable bonds is 5. The van der Waals surface area contributed by atoms with Gasteiger partial charge in [-0.1, -0.05) is 11.6 Å². The molecule has 23 heavy (non-hydrogen) atoms. The summed E-state index contributed by atoms with van der Waals surface area (Å²) in [5, 5.41) is 6.18. The van der Waals surface area contributed by atoms with E-state index < -0.39 is 6.10 Å². The number of hydrogen-bond acceptors (Lipinski definition) is 4. The van der Waals surface area contributed by atoms with Crippen LogP contribution in [0.1, 0.15) is 24.2 Å². The lowest BCUT2D eigenvalue weighted by Crippen LogP contribution is -2.45. The molecule has 6 nitrogen and oxygen atoms in total. The van der Waals surface area contributed by atoms with Crippen molar-refractivity contribution in [2.75, 3.05) is 38.1 Å². The number of hydrogen-bond donors (Lipinski definition) is 2. The Kier molecular flexibility index (Phi) is 6.38. The van der Waals surface area contributed by atoms with E-state index in [9.17, 15) is 9.59 Å². The fraction of sp³-hybridized carbons (Fsp3) is 0.500. The van der Waals surface area contributed by atoms with Crippen LogP contribution in [0, 0.1) is 0 Å². The number of benzene rings is 1. The lowest BCUT2D eigenvalue weighted by molar-refractivity contribution is -0.128. The Morgan fingerprint density at radius 2 is 2.13 bits per heavy atom. The van der Waals surface area contributed by atoms with Crippen molar-refractivity contribution in [1.82, 2.24) is 10.2 Å². The molecule has 0 aliphatic carbocycles. The molecule has 1 atom stereocenters. The summed E-state index contributed by atoms with van der Waals surface area (Å²) in [4.78, 5) is 26.1. The molecule has 1 aromatic rings. The third-order valence-electron chi connectivity index (χ3n) is 3.74. The van der Waals surface area contributed by atoms with Gasteiger partial charge in [-0.3, -0.25) is 9.59 Å². The third-order valence-corrected chi connectivity index (χ3v) is 4.05. The average molecular weight is 340 g/mol. The summed E-state index contributed by atoms with van der Waals surface area (Å²) in [6.45, 7) is 6.82. The van der Waals surface area contributed by atoms with Gasteiger partial charge < -0.3 is 20.3 Å². The molecule has 126 valence electrons. The molecule has 0 bridgehead atoms. The standard InChI is InChI=1S/C16H22ClN3O3/c1-3-20(4-2)16(22)12-6-5-11(9-13(12)17)19-15(21)14-10-18-7-8-23-14/h5-6,9,14,18H,3-4,7-8,10H2,1-2H3,(H,19,21). The molecule has 1 aromatic carbocycles. The van der Waals surface area contributed by atoms with E-state index in [0.29, 0.717) is 42.5 Å². The first-order valence-electron chi connectivity index (χ1n) is 7.78. The van der Waals surface area contributed by atoms with E-state index >= 15 is 0 Å². The van der Waals surface area contributed by atoms with Crippen molar-refractivity contribution in [3.63, 3.8) is 0 Å². The van der Waals surface area contributed by atoms with Gasteiger partial charge in [0.15, 0.2) is 0 Å². The van der Waals surface area contributed by atoms with Gasteiger partial charge in [-0.2, -0.15) is 0 Å². The lowest BCUT2D eigenvalue weighted by atomic mass is 10.1. The van der Waals surface area contributed by atoms with E-state index in [4.69, 9.17) is 16.3 Å². The molecule has 1 saturated heterocycles. The summed E-state index contributed by atoms with van der Waals surface area (Å²) >= 11 is 6.21. The zero-order valence-corrected chi connectivity index (χ0v) is 14.2. The van der Waals surface area contributed by atoms with Gasteiger partial charge in [0.05, 0.1) is 17.2 Å². The highest BCUT2D eigenvalue weighted by Crippen LogP contribution is 2.22. The molecule has 7 heteroatoms. The van der Waals surface area contributed by atoms with Crippen molar-refractivity contribution < 1.29 is 14.3 Å². The fourth-order valence-corrected chi connectivity index (χ4v) is 2.67. The van der Waals surface area contributed by atoms with Crippen molar-refractivity contribution in [3.8, 4) is 0 Å². The first-order chi connectivity index (χ1) is 11.1. The third kappa shape index (κ3) is 4.43. The number of morpholine rings is 1. The minimum Gasteiger partial charge on any atom is -0.366 e. The minimum atomic E-state index is -0.514. The number of halogens is 1. The van der Waals surface area contributed by atoms with E-state index in [2.05, 4.69) is 10.6 Å². The molecule has 1 aliphatic rings. The van der Waals surface area contributed by atoms with Crippen LogP contribution in [-0.4, -0.2) is 55.6 Å². The molecule has 0 saturated carbocycles. The SMILES string of the molecule is CCN(CC)C(=O)c1ccc(NC(=O)C2CNCCO2)cc1Cl. The zero-order chi connectivity index (χ0) is 16.8. The number of carbonyl (C=O) groups excluding carboxylic acids is 2. The Morgan fingerprint density at radius 3 is 2.70 bits per heavy atom. The molecule has 0 spiro atoms. The zero-order valence-electron chi connectivity index (χ0n) is 13.4. The predicted octanol–water partition coefficient (Wildman–Crippen LogP) is 1.75. The van der Waals surface area contributed by atoms with E-state index in [-0.39, 0.29) is 11.8 Å². The number of amides is 2. The van der Waals surface area contributed by atoms with E-state index in [1.165, 1.54) is 0 Å². The maximum Gasteiger partial charge on any atom is 0.255 e. The summed E-state index contributed by atoms with van der Waals surface area (Å²) in [5.41, 5.74) is 0.981. The van der Waals surface area contributed by atoms with E-state index in [1.807, 2.05) is 13.8 Å². The number of nitrogens with zero attached hydrogens (tertiary/aromatic N) is 1. The maximum atomic E-state index is 12.3. The van der Waals surface area contributed by atoms with Gasteiger partial charge in [0.25, 0.3) is 11.8 Å². The number of nitrogens with one attached hydrogen (secondary N) is 2. The predicted molar refractivity (Wildman–Crippen MR) is 89.9 cm³/mol. The molecule has 1 unspecified atom stereocenters. The lowest BCUT2D eigenvalue weighted by Gasteiger charge is -2.23. The Balaban J connectivity index is 2.06. The summed E-state index contributed by atoms with van der Waals surface area (Å²) in [7, 11) is 0. The molecular formula is C16H22ClN3O3. The van der Waals surface area contributed by atoms with Crippen molar-refractivity contribution >= 4 is 29.1 Å². The molecule has 2 N–H and O–H groups in total. The summed E-state index contributed by atoms with van der Waals surface area (Å²) in [6.07, 6.45) is -0.514. The highest BCUT2D eigenvalue weighted by Gasteiger charge is 2.22. The van der Waals surface area contributed by atoms with Crippen LogP contribution < -0.4 is 10.6 Å². The van der Waals surface area contributed by atoms with Crippen LogP contribution in [0.15, 0.2) is 18.2 Å². The summed E-state index contributed by atoms with van der Waals surface area (Å²) in [5.74, 6) is -0.339. The second kappa shape index (κ2) is 8.29. The fourth-order valence-electron chi connectivity index (χ4n) is 2.40. The van der Waals surface area contributed by atoms with Crippen LogP contribution in [0.5, 0.6) is 0 Å². The summed E-state index contributed by atoms with van der Waals surface area (Å²) < 4.78 is 5.40. The molecule has 0 radical (unpaired) electrons. The van der Waals surface area contributed by atoms with Crippen molar-refractivity contribution in [1.29, 1.82) is 0 Å². The quantitative estimate of drug-likeness (QED) is 0.857. The molecule has 2 amide bonds. The first kappa shape index (κ1) is 17.7. The second-order valence-corrected chi connectivity index (χ2v) is 5.63. The largest absolute Gasteiger partial charge is 0.366 e. The van der Waals surface area contributed by atoms with Gasteiger partial charge in [0.1, 0.15) is 6.10 Å². The van der Waals surface area contributed by atoms with E-state index in [1.54, 1.807) is 23.1 Å².